The summed E-state index contributed by atoms with van der Waals surface area (Å²) in [6, 6.07) is 0. The van der Waals surface area contributed by atoms with Gasteiger partial charge in [0, 0.05) is 19.4 Å². The Bertz CT molecular complexity index is 232. The molecule has 0 bridgehead atoms. The Balaban J connectivity index is 1.51. The number of ether oxygens (including phenoxy) is 2. The molecular formula is C13H23NO2. The minimum atomic E-state index is -0.178. The first-order valence-corrected chi connectivity index (χ1v) is 6.90. The first-order valence-electron chi connectivity index (χ1n) is 6.90. The zero-order valence-corrected chi connectivity index (χ0v) is 10.1. The van der Waals surface area contributed by atoms with Gasteiger partial charge in [-0.3, -0.25) is 0 Å². The van der Waals surface area contributed by atoms with Crippen molar-refractivity contribution < 1.29 is 9.47 Å². The Labute approximate surface area is 98.1 Å². The molecule has 1 saturated carbocycles. The van der Waals surface area contributed by atoms with E-state index >= 15 is 0 Å². The normalized spacial score (nSPS) is 34.9. The van der Waals surface area contributed by atoms with Crippen molar-refractivity contribution in [2.45, 2.75) is 56.8 Å². The van der Waals surface area contributed by atoms with Crippen LogP contribution in [-0.2, 0) is 9.47 Å². The maximum atomic E-state index is 6.19. The minimum absolute atomic E-state index is 0.178. The molecule has 0 N–H and O–H groups in total. The highest BCUT2D eigenvalue weighted by Crippen LogP contribution is 2.37. The molecule has 0 aromatic carbocycles. The minimum Gasteiger partial charge on any atom is -0.347 e. The van der Waals surface area contributed by atoms with Gasteiger partial charge in [0.05, 0.1) is 12.7 Å². The van der Waals surface area contributed by atoms with Gasteiger partial charge in [-0.2, -0.15) is 0 Å². The second kappa shape index (κ2) is 4.63. The Hall–Kier alpha value is -0.120. The van der Waals surface area contributed by atoms with Crippen LogP contribution in [0.5, 0.6) is 0 Å². The van der Waals surface area contributed by atoms with E-state index in [4.69, 9.17) is 9.47 Å². The summed E-state index contributed by atoms with van der Waals surface area (Å²) in [6.45, 7) is 4.41. The second-order valence-electron chi connectivity index (χ2n) is 5.53. The quantitative estimate of drug-likeness (QED) is 0.719. The number of hydrogen-bond acceptors (Lipinski definition) is 3. The molecule has 1 aliphatic carbocycles. The molecule has 0 unspecified atom stereocenters. The third kappa shape index (κ3) is 2.27. The van der Waals surface area contributed by atoms with Crippen LogP contribution >= 0.6 is 0 Å². The third-order valence-electron chi connectivity index (χ3n) is 4.19. The largest absolute Gasteiger partial charge is 0.347 e. The van der Waals surface area contributed by atoms with Gasteiger partial charge >= 0.3 is 0 Å². The lowest BCUT2D eigenvalue weighted by Crippen LogP contribution is -2.36. The Morgan fingerprint density at radius 1 is 1.00 bits per heavy atom. The molecule has 1 atom stereocenters. The predicted molar refractivity (Wildman–Crippen MR) is 62.3 cm³/mol. The van der Waals surface area contributed by atoms with E-state index in [0.717, 1.165) is 26.0 Å². The van der Waals surface area contributed by atoms with Crippen LogP contribution in [-0.4, -0.2) is 43.0 Å². The zero-order valence-electron chi connectivity index (χ0n) is 10.1. The average molecular weight is 225 g/mol. The topological polar surface area (TPSA) is 21.7 Å². The molecule has 2 heterocycles. The molecule has 2 saturated heterocycles. The fraction of sp³-hybridized carbons (Fsp3) is 1.00. The van der Waals surface area contributed by atoms with Crippen molar-refractivity contribution in [2.24, 2.45) is 0 Å². The van der Waals surface area contributed by atoms with E-state index in [0.29, 0.717) is 6.10 Å². The summed E-state index contributed by atoms with van der Waals surface area (Å²) in [5.74, 6) is -0.178. The molecule has 92 valence electrons. The maximum absolute atomic E-state index is 6.19. The molecule has 0 radical (unpaired) electrons. The summed E-state index contributed by atoms with van der Waals surface area (Å²) in [4.78, 5) is 2.52. The van der Waals surface area contributed by atoms with E-state index in [1.807, 2.05) is 0 Å². The smallest absolute Gasteiger partial charge is 0.168 e. The molecule has 2 aliphatic heterocycles. The lowest BCUT2D eigenvalue weighted by Gasteiger charge is -2.32. The number of hydrogen-bond donors (Lipinski definition) is 0. The second-order valence-corrected chi connectivity index (χ2v) is 5.53. The van der Waals surface area contributed by atoms with E-state index in [1.54, 1.807) is 0 Å². The number of likely N-dealkylation sites (tertiary alicyclic amines) is 1. The van der Waals surface area contributed by atoms with E-state index in [2.05, 4.69) is 4.90 Å². The van der Waals surface area contributed by atoms with Gasteiger partial charge in [-0.25, -0.2) is 0 Å². The Kier molecular flexibility index (Phi) is 3.18. The highest BCUT2D eigenvalue weighted by Gasteiger charge is 2.42. The molecule has 0 aromatic rings. The summed E-state index contributed by atoms with van der Waals surface area (Å²) in [6.07, 6.45) is 9.18. The highest BCUT2D eigenvalue weighted by molar-refractivity contribution is 4.84. The van der Waals surface area contributed by atoms with Crippen LogP contribution in [0.1, 0.15) is 44.9 Å². The molecule has 1 spiro atoms. The van der Waals surface area contributed by atoms with Crippen molar-refractivity contribution in [1.29, 1.82) is 0 Å². The molecule has 3 fully saturated rings. The summed E-state index contributed by atoms with van der Waals surface area (Å²) < 4.78 is 12.1. The molecule has 3 aliphatic rings. The SMILES string of the molecule is C1CCC2(CC1)OC[C@@H](CN1CCCC1)O2. The monoisotopic (exact) mass is 225 g/mol. The molecule has 3 heteroatoms. The number of nitrogens with zero attached hydrogens (tertiary/aromatic N) is 1. The van der Waals surface area contributed by atoms with Gasteiger partial charge in [-0.05, 0) is 38.8 Å². The summed E-state index contributed by atoms with van der Waals surface area (Å²) >= 11 is 0. The molecule has 3 rings (SSSR count). The van der Waals surface area contributed by atoms with Gasteiger partial charge in [-0.1, -0.05) is 6.42 Å². The summed E-state index contributed by atoms with van der Waals surface area (Å²) in [5.41, 5.74) is 0. The van der Waals surface area contributed by atoms with Gasteiger partial charge in [0.2, 0.25) is 0 Å². The van der Waals surface area contributed by atoms with Crippen molar-refractivity contribution in [3.05, 3.63) is 0 Å². The van der Waals surface area contributed by atoms with Crippen molar-refractivity contribution in [2.75, 3.05) is 26.2 Å². The lowest BCUT2D eigenvalue weighted by atomic mass is 9.94. The molecule has 16 heavy (non-hydrogen) atoms. The van der Waals surface area contributed by atoms with Gasteiger partial charge in [0.1, 0.15) is 0 Å². The first kappa shape index (κ1) is 11.0. The fourth-order valence-electron chi connectivity index (χ4n) is 3.31. The van der Waals surface area contributed by atoms with Gasteiger partial charge in [-0.15, -0.1) is 0 Å². The Morgan fingerprint density at radius 2 is 1.75 bits per heavy atom. The van der Waals surface area contributed by atoms with Crippen LogP contribution in [0, 0.1) is 0 Å². The van der Waals surface area contributed by atoms with E-state index in [1.165, 1.54) is 45.2 Å². The molecule has 3 nitrogen and oxygen atoms in total. The van der Waals surface area contributed by atoms with Crippen LogP contribution < -0.4 is 0 Å². The van der Waals surface area contributed by atoms with Gasteiger partial charge in [0.25, 0.3) is 0 Å². The van der Waals surface area contributed by atoms with Crippen LogP contribution in [0.2, 0.25) is 0 Å². The average Bonchev–Trinajstić information content (AvgIpc) is 2.92. The summed E-state index contributed by atoms with van der Waals surface area (Å²) in [7, 11) is 0. The standard InChI is InChI=1S/C13H23NO2/c1-2-6-13(7-3-1)15-11-12(16-13)10-14-8-4-5-9-14/h12H,1-11H2/t12-/m1/s1. The van der Waals surface area contributed by atoms with E-state index in [-0.39, 0.29) is 5.79 Å². The maximum Gasteiger partial charge on any atom is 0.168 e. The van der Waals surface area contributed by atoms with E-state index < -0.39 is 0 Å². The highest BCUT2D eigenvalue weighted by atomic mass is 16.7. The van der Waals surface area contributed by atoms with Crippen LogP contribution in [0.25, 0.3) is 0 Å². The molecular weight excluding hydrogens is 202 g/mol. The van der Waals surface area contributed by atoms with Crippen molar-refractivity contribution in [1.82, 2.24) is 4.90 Å². The zero-order chi connectivity index (χ0) is 10.8. The van der Waals surface area contributed by atoms with Crippen molar-refractivity contribution in [3.63, 3.8) is 0 Å². The van der Waals surface area contributed by atoms with Crippen LogP contribution in [0.3, 0.4) is 0 Å². The molecule has 0 aromatic heterocycles. The van der Waals surface area contributed by atoms with Crippen molar-refractivity contribution in [3.8, 4) is 0 Å². The number of rotatable bonds is 2. The van der Waals surface area contributed by atoms with Crippen LogP contribution in [0.15, 0.2) is 0 Å². The fourth-order valence-corrected chi connectivity index (χ4v) is 3.31. The van der Waals surface area contributed by atoms with E-state index in [9.17, 15) is 0 Å². The van der Waals surface area contributed by atoms with Gasteiger partial charge in [0.15, 0.2) is 5.79 Å². The first-order chi connectivity index (χ1) is 7.86. The van der Waals surface area contributed by atoms with Crippen LogP contribution in [0.4, 0.5) is 0 Å². The lowest BCUT2D eigenvalue weighted by molar-refractivity contribution is -0.188. The summed E-state index contributed by atoms with van der Waals surface area (Å²) in [5, 5.41) is 0. The molecule has 0 amide bonds. The Morgan fingerprint density at radius 3 is 2.50 bits per heavy atom. The third-order valence-corrected chi connectivity index (χ3v) is 4.19. The predicted octanol–water partition coefficient (Wildman–Crippen LogP) is 2.16. The van der Waals surface area contributed by atoms with Gasteiger partial charge < -0.3 is 14.4 Å². The van der Waals surface area contributed by atoms with Crippen molar-refractivity contribution >= 4 is 0 Å².